The molecule has 2 aromatic rings. The van der Waals surface area contributed by atoms with E-state index in [4.69, 9.17) is 5.11 Å². The molecule has 0 bridgehead atoms. The lowest BCUT2D eigenvalue weighted by Crippen LogP contribution is -2.25. The molecule has 1 saturated carbocycles. The molecule has 0 saturated heterocycles. The molecule has 1 aliphatic rings. The molecule has 1 fully saturated rings. The molecule has 1 heterocycles. The van der Waals surface area contributed by atoms with Crippen LogP contribution in [0, 0.1) is 0 Å². The Morgan fingerprint density at radius 2 is 2.19 bits per heavy atom. The number of hydrogen-bond acceptors (Lipinski definition) is 3. The Kier molecular flexibility index (Phi) is 3.37. The van der Waals surface area contributed by atoms with Gasteiger partial charge in [-0.3, -0.25) is 4.79 Å². The number of aromatic carboxylic acids is 1. The Morgan fingerprint density at radius 3 is 2.81 bits per heavy atom. The number of carbonyl (C=O) groups is 2. The second-order valence-corrected chi connectivity index (χ2v) is 5.39. The highest BCUT2D eigenvalue weighted by Crippen LogP contribution is 2.40. The molecule has 0 atom stereocenters. The number of carboxylic acids is 1. The molecule has 0 unspecified atom stereocenters. The van der Waals surface area contributed by atoms with Crippen LogP contribution in [0.2, 0.25) is 0 Å². The minimum absolute atomic E-state index is 0.0707. The largest absolute Gasteiger partial charge is 0.478 e. The Bertz CT molecular complexity index is 716. The van der Waals surface area contributed by atoms with Crippen LogP contribution in [0.5, 0.6) is 0 Å². The molecule has 1 aromatic carbocycles. The third-order valence-corrected chi connectivity index (χ3v) is 3.68. The second-order valence-electron chi connectivity index (χ2n) is 5.39. The molecule has 2 N–H and O–H groups in total. The molecule has 0 spiro atoms. The number of carbonyl (C=O) groups excluding carboxylic acids is 1. The Morgan fingerprint density at radius 1 is 1.43 bits per heavy atom. The number of imidazole rings is 1. The molecule has 110 valence electrons. The van der Waals surface area contributed by atoms with Crippen LogP contribution < -0.4 is 5.32 Å². The Hall–Kier alpha value is -2.37. The lowest BCUT2D eigenvalue weighted by atomic mass is 10.2. The molecular formula is C15H17N3O3. The maximum Gasteiger partial charge on any atom is 0.335 e. The van der Waals surface area contributed by atoms with Crippen molar-refractivity contribution in [3.8, 4) is 0 Å². The number of carboxylic acid groups (broad SMARTS) is 1. The number of benzene rings is 1. The smallest absolute Gasteiger partial charge is 0.335 e. The number of nitrogens with zero attached hydrogens (tertiary/aromatic N) is 2. The molecule has 3 rings (SSSR count). The van der Waals surface area contributed by atoms with Crippen molar-refractivity contribution in [2.45, 2.75) is 32.2 Å². The molecule has 6 nitrogen and oxygen atoms in total. The summed E-state index contributed by atoms with van der Waals surface area (Å²) in [5.74, 6) is 0.444. The first-order valence-electron chi connectivity index (χ1n) is 7.04. The average Bonchev–Trinajstić information content (AvgIpc) is 3.21. The summed E-state index contributed by atoms with van der Waals surface area (Å²) in [6.45, 7) is 2.60. The number of fused-ring (bicyclic) bond motifs is 1. The van der Waals surface area contributed by atoms with Crippen LogP contribution >= 0.6 is 0 Å². The molecule has 1 aromatic heterocycles. The van der Waals surface area contributed by atoms with E-state index in [-0.39, 0.29) is 11.5 Å². The molecule has 1 aliphatic carbocycles. The minimum Gasteiger partial charge on any atom is -0.478 e. The van der Waals surface area contributed by atoms with Crippen molar-refractivity contribution in [3.05, 3.63) is 29.6 Å². The van der Waals surface area contributed by atoms with Crippen molar-refractivity contribution in [2.24, 2.45) is 0 Å². The highest BCUT2D eigenvalue weighted by Gasteiger charge is 2.29. The van der Waals surface area contributed by atoms with Gasteiger partial charge in [0.15, 0.2) is 0 Å². The summed E-state index contributed by atoms with van der Waals surface area (Å²) in [5, 5.41) is 11.9. The predicted octanol–water partition coefficient (Wildman–Crippen LogP) is 1.75. The van der Waals surface area contributed by atoms with Crippen molar-refractivity contribution in [2.75, 3.05) is 6.54 Å². The SMILES string of the molecule is CC(=O)NCCn1c(C2CC2)nc2ccc(C(=O)O)cc21. The first-order chi connectivity index (χ1) is 10.1. The maximum absolute atomic E-state index is 11.1. The van der Waals surface area contributed by atoms with Gasteiger partial charge in [0, 0.05) is 25.9 Å². The fourth-order valence-electron chi connectivity index (χ4n) is 2.51. The van der Waals surface area contributed by atoms with Crippen LogP contribution in [0.4, 0.5) is 0 Å². The lowest BCUT2D eigenvalue weighted by molar-refractivity contribution is -0.118. The highest BCUT2D eigenvalue weighted by atomic mass is 16.4. The van der Waals surface area contributed by atoms with Gasteiger partial charge in [0.25, 0.3) is 0 Å². The first-order valence-corrected chi connectivity index (χ1v) is 7.04. The standard InChI is InChI=1S/C15H17N3O3/c1-9(19)16-6-7-18-13-8-11(15(20)21)4-5-12(13)17-14(18)10-2-3-10/h4-5,8,10H,2-3,6-7H2,1H3,(H,16,19)(H,20,21). The van der Waals surface area contributed by atoms with Crippen molar-refractivity contribution >= 4 is 22.9 Å². The highest BCUT2D eigenvalue weighted by molar-refractivity contribution is 5.92. The molecule has 1 amide bonds. The van der Waals surface area contributed by atoms with E-state index in [1.54, 1.807) is 18.2 Å². The summed E-state index contributed by atoms with van der Waals surface area (Å²) >= 11 is 0. The van der Waals surface area contributed by atoms with Crippen molar-refractivity contribution in [1.82, 2.24) is 14.9 Å². The number of aromatic nitrogens is 2. The number of amides is 1. The molecule has 21 heavy (non-hydrogen) atoms. The van der Waals surface area contributed by atoms with Gasteiger partial charge in [-0.15, -0.1) is 0 Å². The Labute approximate surface area is 121 Å². The van der Waals surface area contributed by atoms with Gasteiger partial charge in [0.2, 0.25) is 5.91 Å². The number of hydrogen-bond donors (Lipinski definition) is 2. The van der Waals surface area contributed by atoms with Crippen LogP contribution in [-0.4, -0.2) is 33.1 Å². The summed E-state index contributed by atoms with van der Waals surface area (Å²) in [7, 11) is 0. The van der Waals surface area contributed by atoms with Crippen molar-refractivity contribution < 1.29 is 14.7 Å². The van der Waals surface area contributed by atoms with E-state index in [2.05, 4.69) is 10.3 Å². The zero-order chi connectivity index (χ0) is 15.0. The molecule has 6 heteroatoms. The third-order valence-electron chi connectivity index (χ3n) is 3.68. The van der Waals surface area contributed by atoms with Gasteiger partial charge in [-0.25, -0.2) is 9.78 Å². The summed E-state index contributed by atoms with van der Waals surface area (Å²) in [6.07, 6.45) is 2.24. The summed E-state index contributed by atoms with van der Waals surface area (Å²) in [4.78, 5) is 26.8. The zero-order valence-electron chi connectivity index (χ0n) is 11.8. The zero-order valence-corrected chi connectivity index (χ0v) is 11.8. The lowest BCUT2D eigenvalue weighted by Gasteiger charge is -2.09. The quantitative estimate of drug-likeness (QED) is 0.877. The molecular weight excluding hydrogens is 270 g/mol. The van der Waals surface area contributed by atoms with Crippen LogP contribution in [0.15, 0.2) is 18.2 Å². The van der Waals surface area contributed by atoms with E-state index in [0.29, 0.717) is 19.0 Å². The number of rotatable bonds is 5. The van der Waals surface area contributed by atoms with Gasteiger partial charge >= 0.3 is 5.97 Å². The van der Waals surface area contributed by atoms with Crippen molar-refractivity contribution in [3.63, 3.8) is 0 Å². The van der Waals surface area contributed by atoms with Crippen LogP contribution in [0.1, 0.15) is 41.9 Å². The van der Waals surface area contributed by atoms with Gasteiger partial charge in [0.1, 0.15) is 5.82 Å². The van der Waals surface area contributed by atoms with Crippen molar-refractivity contribution in [1.29, 1.82) is 0 Å². The minimum atomic E-state index is -0.945. The molecule has 0 aliphatic heterocycles. The predicted molar refractivity (Wildman–Crippen MR) is 77.4 cm³/mol. The topological polar surface area (TPSA) is 84.2 Å². The summed E-state index contributed by atoms with van der Waals surface area (Å²) in [6, 6.07) is 4.98. The summed E-state index contributed by atoms with van der Waals surface area (Å²) in [5.41, 5.74) is 1.89. The van der Waals surface area contributed by atoms with E-state index in [0.717, 1.165) is 29.7 Å². The fourth-order valence-corrected chi connectivity index (χ4v) is 2.51. The number of nitrogens with one attached hydrogen (secondary N) is 1. The van der Waals surface area contributed by atoms with Crippen LogP contribution in [0.25, 0.3) is 11.0 Å². The maximum atomic E-state index is 11.1. The van der Waals surface area contributed by atoms with Gasteiger partial charge in [0.05, 0.1) is 16.6 Å². The monoisotopic (exact) mass is 287 g/mol. The average molecular weight is 287 g/mol. The van der Waals surface area contributed by atoms with Gasteiger partial charge in [-0.2, -0.15) is 0 Å². The van der Waals surface area contributed by atoms with Gasteiger partial charge in [-0.05, 0) is 31.0 Å². The van der Waals surface area contributed by atoms with Gasteiger partial charge < -0.3 is 15.0 Å². The van der Waals surface area contributed by atoms with Crippen LogP contribution in [0.3, 0.4) is 0 Å². The third kappa shape index (κ3) is 2.74. The fraction of sp³-hybridized carbons (Fsp3) is 0.400. The van der Waals surface area contributed by atoms with E-state index in [9.17, 15) is 9.59 Å². The van der Waals surface area contributed by atoms with E-state index in [1.165, 1.54) is 6.92 Å². The Balaban J connectivity index is 1.99. The molecule has 0 radical (unpaired) electrons. The van der Waals surface area contributed by atoms with Gasteiger partial charge in [-0.1, -0.05) is 0 Å². The van der Waals surface area contributed by atoms with Crippen LogP contribution in [-0.2, 0) is 11.3 Å². The first kappa shape index (κ1) is 13.6. The second kappa shape index (κ2) is 5.20. The van der Waals surface area contributed by atoms with E-state index >= 15 is 0 Å². The van der Waals surface area contributed by atoms with E-state index < -0.39 is 5.97 Å². The normalized spacial score (nSPS) is 14.3. The summed E-state index contributed by atoms with van der Waals surface area (Å²) < 4.78 is 2.04. The van der Waals surface area contributed by atoms with E-state index in [1.807, 2.05) is 4.57 Å².